The molecule has 1 unspecified atom stereocenters. The van der Waals surface area contributed by atoms with Crippen LogP contribution in [0.2, 0.25) is 0 Å². The number of hydrazine groups is 1. The molecule has 2 nitrogen and oxygen atoms in total. The maximum atomic E-state index is 5.76. The van der Waals surface area contributed by atoms with Gasteiger partial charge in [-0.15, -0.1) is 0 Å². The highest BCUT2D eigenvalue weighted by Gasteiger charge is 2.51. The van der Waals surface area contributed by atoms with E-state index in [0.717, 1.165) is 17.8 Å². The van der Waals surface area contributed by atoms with Crippen LogP contribution in [0.4, 0.5) is 0 Å². The van der Waals surface area contributed by atoms with Crippen molar-refractivity contribution in [3.63, 3.8) is 0 Å². The van der Waals surface area contributed by atoms with E-state index in [2.05, 4.69) is 25.3 Å². The molecule has 0 aromatic rings. The van der Waals surface area contributed by atoms with E-state index in [0.29, 0.717) is 11.5 Å². The van der Waals surface area contributed by atoms with Crippen LogP contribution in [-0.2, 0) is 0 Å². The Morgan fingerprint density at radius 1 is 1.17 bits per heavy atom. The lowest BCUT2D eigenvalue weighted by Gasteiger charge is -2.57. The second kappa shape index (κ2) is 4.64. The van der Waals surface area contributed by atoms with E-state index in [4.69, 9.17) is 5.84 Å². The number of allylic oxidation sites excluding steroid dienone is 1. The molecule has 4 saturated carbocycles. The first-order valence-electron chi connectivity index (χ1n) is 7.70. The topological polar surface area (TPSA) is 38.0 Å². The van der Waals surface area contributed by atoms with Gasteiger partial charge in [-0.25, -0.2) is 0 Å². The van der Waals surface area contributed by atoms with Crippen molar-refractivity contribution >= 4 is 0 Å². The molecule has 1 atom stereocenters. The summed E-state index contributed by atoms with van der Waals surface area (Å²) in [5.74, 6) is 8.88. The van der Waals surface area contributed by atoms with Gasteiger partial charge in [0.25, 0.3) is 0 Å². The van der Waals surface area contributed by atoms with Gasteiger partial charge >= 0.3 is 0 Å². The molecule has 102 valence electrons. The van der Waals surface area contributed by atoms with E-state index >= 15 is 0 Å². The van der Waals surface area contributed by atoms with Crippen molar-refractivity contribution < 1.29 is 0 Å². The second-order valence-electron chi connectivity index (χ2n) is 7.64. The summed E-state index contributed by atoms with van der Waals surface area (Å²) in [7, 11) is 0. The minimum absolute atomic E-state index is 0.381. The second-order valence-corrected chi connectivity index (χ2v) is 7.64. The molecule has 4 aliphatic rings. The molecule has 4 aliphatic carbocycles. The monoisotopic (exact) mass is 248 g/mol. The molecule has 0 aromatic heterocycles. The smallest absolute Gasteiger partial charge is 0.0398 e. The van der Waals surface area contributed by atoms with Gasteiger partial charge in [-0.2, -0.15) is 0 Å². The summed E-state index contributed by atoms with van der Waals surface area (Å²) in [6.07, 6.45) is 12.6. The van der Waals surface area contributed by atoms with Crippen LogP contribution in [0.5, 0.6) is 0 Å². The third kappa shape index (κ3) is 2.37. The lowest BCUT2D eigenvalue weighted by molar-refractivity contribution is -0.0599. The summed E-state index contributed by atoms with van der Waals surface area (Å²) in [4.78, 5) is 0. The molecule has 0 aliphatic heterocycles. The van der Waals surface area contributed by atoms with Crippen LogP contribution in [0.15, 0.2) is 11.6 Å². The molecule has 18 heavy (non-hydrogen) atoms. The first-order valence-corrected chi connectivity index (χ1v) is 7.70. The van der Waals surface area contributed by atoms with Gasteiger partial charge in [0.2, 0.25) is 0 Å². The first kappa shape index (κ1) is 12.7. The Labute approximate surface area is 111 Å². The molecule has 0 radical (unpaired) electrons. The van der Waals surface area contributed by atoms with Crippen molar-refractivity contribution in [3.8, 4) is 0 Å². The Hall–Kier alpha value is -0.340. The number of hydrogen-bond donors (Lipinski definition) is 2. The van der Waals surface area contributed by atoms with E-state index in [1.807, 2.05) is 0 Å². The normalized spacial score (nSPS) is 42.9. The highest BCUT2D eigenvalue weighted by molar-refractivity contribution is 5.07. The van der Waals surface area contributed by atoms with Crippen LogP contribution in [0.25, 0.3) is 0 Å². The Morgan fingerprint density at radius 3 is 2.06 bits per heavy atom. The molecule has 3 N–H and O–H groups in total. The van der Waals surface area contributed by atoms with Crippen molar-refractivity contribution in [2.24, 2.45) is 29.0 Å². The fraction of sp³-hybridized carbons (Fsp3) is 0.875. The molecule has 2 heteroatoms. The molecular formula is C16H28N2. The van der Waals surface area contributed by atoms with Gasteiger partial charge in [0, 0.05) is 6.04 Å². The van der Waals surface area contributed by atoms with Crippen molar-refractivity contribution in [1.29, 1.82) is 0 Å². The predicted octanol–water partition coefficient (Wildman–Crippen LogP) is 3.39. The summed E-state index contributed by atoms with van der Waals surface area (Å²) in [5.41, 5.74) is 5.03. The van der Waals surface area contributed by atoms with Gasteiger partial charge in [-0.3, -0.25) is 11.3 Å². The van der Waals surface area contributed by atoms with Crippen molar-refractivity contribution in [1.82, 2.24) is 5.43 Å². The van der Waals surface area contributed by atoms with Crippen LogP contribution in [-0.4, -0.2) is 6.04 Å². The standard InChI is InChI=1S/C16H28N2/c1-11(2)3-15(18-17)10-16-7-12-4-13(8-16)6-14(5-12)9-16/h3,12-15,18H,4-10,17H2,1-2H3. The molecule has 0 heterocycles. The lowest BCUT2D eigenvalue weighted by atomic mass is 9.48. The van der Waals surface area contributed by atoms with E-state index < -0.39 is 0 Å². The van der Waals surface area contributed by atoms with Crippen molar-refractivity contribution in [3.05, 3.63) is 11.6 Å². The summed E-state index contributed by atoms with van der Waals surface area (Å²) in [5, 5.41) is 0. The fourth-order valence-electron chi connectivity index (χ4n) is 5.57. The van der Waals surface area contributed by atoms with Crippen LogP contribution in [0.1, 0.15) is 58.8 Å². The van der Waals surface area contributed by atoms with Crippen LogP contribution in [0, 0.1) is 23.2 Å². The zero-order valence-electron chi connectivity index (χ0n) is 11.9. The summed E-state index contributed by atoms with van der Waals surface area (Å²) < 4.78 is 0. The number of rotatable bonds is 4. The first-order chi connectivity index (χ1) is 8.58. The van der Waals surface area contributed by atoms with Crippen molar-refractivity contribution in [2.45, 2.75) is 64.8 Å². The summed E-state index contributed by atoms with van der Waals surface area (Å²) in [6, 6.07) is 0.381. The molecule has 0 aromatic carbocycles. The van der Waals surface area contributed by atoms with Crippen molar-refractivity contribution in [2.75, 3.05) is 0 Å². The van der Waals surface area contributed by atoms with Crippen LogP contribution < -0.4 is 11.3 Å². The van der Waals surface area contributed by atoms with Gasteiger partial charge in [0.15, 0.2) is 0 Å². The lowest BCUT2D eigenvalue weighted by Crippen LogP contribution is -2.49. The Bertz CT molecular complexity index is 306. The van der Waals surface area contributed by atoms with Gasteiger partial charge in [-0.1, -0.05) is 11.6 Å². The Kier molecular flexibility index (Phi) is 3.27. The van der Waals surface area contributed by atoms with Gasteiger partial charge in [0.05, 0.1) is 0 Å². The minimum Gasteiger partial charge on any atom is -0.271 e. The molecular weight excluding hydrogens is 220 g/mol. The molecule has 0 saturated heterocycles. The van der Waals surface area contributed by atoms with Crippen LogP contribution in [0.3, 0.4) is 0 Å². The molecule has 4 fully saturated rings. The average molecular weight is 248 g/mol. The Balaban J connectivity index is 1.73. The van der Waals surface area contributed by atoms with Gasteiger partial charge < -0.3 is 0 Å². The highest BCUT2D eigenvalue weighted by atomic mass is 15.2. The summed E-state index contributed by atoms with van der Waals surface area (Å²) >= 11 is 0. The molecule has 4 bridgehead atoms. The number of nitrogens with one attached hydrogen (secondary N) is 1. The zero-order valence-corrected chi connectivity index (χ0v) is 11.9. The zero-order chi connectivity index (χ0) is 12.8. The van der Waals surface area contributed by atoms with E-state index in [1.165, 1.54) is 50.5 Å². The third-order valence-electron chi connectivity index (χ3n) is 5.57. The maximum Gasteiger partial charge on any atom is 0.0398 e. The predicted molar refractivity (Wildman–Crippen MR) is 75.8 cm³/mol. The minimum atomic E-state index is 0.381. The SMILES string of the molecule is CC(C)=CC(CC12CC3CC(CC(C3)C1)C2)NN. The largest absolute Gasteiger partial charge is 0.271 e. The Morgan fingerprint density at radius 2 is 1.67 bits per heavy atom. The number of hydrogen-bond acceptors (Lipinski definition) is 2. The van der Waals surface area contributed by atoms with E-state index in [1.54, 1.807) is 0 Å². The molecule has 4 rings (SSSR count). The highest BCUT2D eigenvalue weighted by Crippen LogP contribution is 2.61. The fourth-order valence-corrected chi connectivity index (χ4v) is 5.57. The number of nitrogens with two attached hydrogens (primary N) is 1. The average Bonchev–Trinajstić information content (AvgIpc) is 2.25. The van der Waals surface area contributed by atoms with Crippen LogP contribution >= 0.6 is 0 Å². The third-order valence-corrected chi connectivity index (χ3v) is 5.57. The van der Waals surface area contributed by atoms with Gasteiger partial charge in [0.1, 0.15) is 0 Å². The van der Waals surface area contributed by atoms with E-state index in [-0.39, 0.29) is 0 Å². The summed E-state index contributed by atoms with van der Waals surface area (Å²) in [6.45, 7) is 4.34. The maximum absolute atomic E-state index is 5.76. The van der Waals surface area contributed by atoms with Gasteiger partial charge in [-0.05, 0) is 82.0 Å². The quantitative estimate of drug-likeness (QED) is 0.455. The van der Waals surface area contributed by atoms with E-state index in [9.17, 15) is 0 Å². The molecule has 0 spiro atoms. The molecule has 0 amide bonds.